The molecule has 3 rings (SSSR count). The summed E-state index contributed by atoms with van der Waals surface area (Å²) in [5.74, 6) is -1.57. The number of unbranched alkanes of at least 4 members (excludes halogenated alkanes) is 2. The van der Waals surface area contributed by atoms with E-state index in [4.69, 9.17) is 0 Å². The Bertz CT molecular complexity index is 1400. The van der Waals surface area contributed by atoms with E-state index in [1.807, 2.05) is 30.3 Å². The summed E-state index contributed by atoms with van der Waals surface area (Å²) in [6.45, 7) is 6.96. The number of carbonyl (C=O) groups is 3. The summed E-state index contributed by atoms with van der Waals surface area (Å²) >= 11 is 3.14. The summed E-state index contributed by atoms with van der Waals surface area (Å²) in [6, 6.07) is 11.1. The van der Waals surface area contributed by atoms with E-state index in [1.165, 1.54) is 0 Å². The van der Waals surface area contributed by atoms with Crippen molar-refractivity contribution in [3.05, 3.63) is 74.1 Å². The lowest BCUT2D eigenvalue weighted by molar-refractivity contribution is -0.148. The van der Waals surface area contributed by atoms with Crippen LogP contribution in [-0.2, 0) is 20.8 Å². The third kappa shape index (κ3) is 9.54. The lowest BCUT2D eigenvalue weighted by atomic mass is 9.87. The van der Waals surface area contributed by atoms with E-state index < -0.39 is 22.8 Å². The van der Waals surface area contributed by atoms with E-state index in [9.17, 15) is 29.4 Å². The van der Waals surface area contributed by atoms with Crippen LogP contribution in [0.15, 0.2) is 58.2 Å². The summed E-state index contributed by atoms with van der Waals surface area (Å²) < 4.78 is 0. The lowest BCUT2D eigenvalue weighted by Crippen LogP contribution is -2.23. The molecule has 0 unspecified atom stereocenters. The minimum absolute atomic E-state index is 0.0236. The van der Waals surface area contributed by atoms with Gasteiger partial charge in [-0.15, -0.1) is 11.3 Å². The average Bonchev–Trinajstić information content (AvgIpc) is 3.09. The third-order valence-corrected chi connectivity index (χ3v) is 9.78. The van der Waals surface area contributed by atoms with Crippen molar-refractivity contribution in [2.75, 3.05) is 0 Å². The summed E-state index contributed by atoms with van der Waals surface area (Å²) in [5, 5.41) is 18.7. The van der Waals surface area contributed by atoms with Crippen molar-refractivity contribution in [2.45, 2.75) is 85.5 Å². The number of carboxylic acid groups (broad SMARTS) is 2. The largest absolute Gasteiger partial charge is 0.481 e. The number of hydrogen-bond acceptors (Lipinski definition) is 6. The molecule has 0 bridgehead atoms. The highest BCUT2D eigenvalue weighted by atomic mass is 32.2. The van der Waals surface area contributed by atoms with Crippen molar-refractivity contribution in [3.8, 4) is 10.4 Å². The molecule has 0 radical (unpaired) electrons. The molecule has 8 heteroatoms. The van der Waals surface area contributed by atoms with Gasteiger partial charge in [-0.3, -0.25) is 19.2 Å². The topological polar surface area (TPSA) is 109 Å². The Morgan fingerprint density at radius 2 is 1.41 bits per heavy atom. The number of rotatable bonds is 14. The smallest absolute Gasteiger partial charge is 0.309 e. The second-order valence-electron chi connectivity index (χ2n) is 11.9. The first-order valence-corrected chi connectivity index (χ1v) is 15.7. The van der Waals surface area contributed by atoms with Crippen LogP contribution in [0.1, 0.15) is 89.5 Å². The van der Waals surface area contributed by atoms with Crippen LogP contribution in [0.3, 0.4) is 0 Å². The molecular weight excluding hydrogens is 556 g/mol. The third-order valence-electron chi connectivity index (χ3n) is 7.45. The van der Waals surface area contributed by atoms with E-state index in [0.717, 1.165) is 62.8 Å². The Hall–Kier alpha value is -2.97. The second kappa shape index (κ2) is 14.3. The summed E-state index contributed by atoms with van der Waals surface area (Å²) in [6.07, 6.45) is 9.83. The minimum Gasteiger partial charge on any atom is -0.481 e. The van der Waals surface area contributed by atoms with Crippen LogP contribution in [0, 0.1) is 10.8 Å². The van der Waals surface area contributed by atoms with Gasteiger partial charge in [-0.05, 0) is 88.8 Å². The van der Waals surface area contributed by atoms with Crippen LogP contribution in [0.4, 0.5) is 0 Å². The first-order valence-electron chi connectivity index (χ1n) is 14.1. The molecule has 2 heterocycles. The SMILES string of the molecule is CC(C)(CCCCC1=CCC(=O)C=C(c2ccccc2-c2cc(=O)cc(CCCCC(C)(C)C(=O)O)s2)S1)C(=O)O. The van der Waals surface area contributed by atoms with Gasteiger partial charge in [0.25, 0.3) is 0 Å². The van der Waals surface area contributed by atoms with Crippen molar-refractivity contribution in [1.29, 1.82) is 0 Å². The molecular formula is C33H40O6S2. The quantitative estimate of drug-likeness (QED) is 0.212. The fourth-order valence-corrected chi connectivity index (χ4v) is 6.90. The van der Waals surface area contributed by atoms with Gasteiger partial charge in [-0.1, -0.05) is 54.9 Å². The van der Waals surface area contributed by atoms with E-state index in [2.05, 4.69) is 0 Å². The molecule has 1 aromatic heterocycles. The molecule has 2 N–H and O–H groups in total. The van der Waals surface area contributed by atoms with Gasteiger partial charge in [0.05, 0.1) is 10.8 Å². The molecule has 0 amide bonds. The normalized spacial score (nSPS) is 14.3. The van der Waals surface area contributed by atoms with Crippen molar-refractivity contribution in [2.24, 2.45) is 10.8 Å². The molecule has 0 aliphatic carbocycles. The number of benzene rings is 1. The number of aryl methyl sites for hydroxylation is 1. The fourth-order valence-electron chi connectivity index (χ4n) is 4.56. The zero-order chi connectivity index (χ0) is 30.2. The van der Waals surface area contributed by atoms with Crippen LogP contribution in [-0.4, -0.2) is 27.9 Å². The first kappa shape index (κ1) is 32.5. The molecule has 220 valence electrons. The van der Waals surface area contributed by atoms with Gasteiger partial charge in [0.2, 0.25) is 0 Å². The monoisotopic (exact) mass is 596 g/mol. The first-order chi connectivity index (χ1) is 19.3. The van der Waals surface area contributed by atoms with Gasteiger partial charge in [0.15, 0.2) is 11.2 Å². The molecule has 1 aliphatic heterocycles. The average molecular weight is 597 g/mol. The molecule has 0 spiro atoms. The van der Waals surface area contributed by atoms with Crippen molar-refractivity contribution in [3.63, 3.8) is 0 Å². The van der Waals surface area contributed by atoms with Crippen LogP contribution in [0.25, 0.3) is 15.3 Å². The lowest BCUT2D eigenvalue weighted by Gasteiger charge is -2.19. The fraction of sp³-hybridized carbons (Fsp3) is 0.455. The minimum atomic E-state index is -0.801. The van der Waals surface area contributed by atoms with E-state index in [-0.39, 0.29) is 11.2 Å². The maximum Gasteiger partial charge on any atom is 0.309 e. The molecule has 41 heavy (non-hydrogen) atoms. The number of aliphatic carboxylic acids is 2. The van der Waals surface area contributed by atoms with Crippen LogP contribution in [0.2, 0.25) is 0 Å². The number of carboxylic acids is 2. The highest BCUT2D eigenvalue weighted by Crippen LogP contribution is 2.43. The predicted molar refractivity (Wildman–Crippen MR) is 168 cm³/mol. The van der Waals surface area contributed by atoms with Crippen molar-refractivity contribution in [1.82, 2.24) is 0 Å². The molecule has 0 fully saturated rings. The number of carbonyl (C=O) groups excluding carboxylic acids is 1. The van der Waals surface area contributed by atoms with E-state index in [0.29, 0.717) is 25.7 Å². The standard InChI is InChI=1S/C33H40O6S2/c1-32(2,30(36)37)17-9-7-11-24-16-15-22(34)20-28(40-24)26-13-5-6-14-27(26)29-21-23(35)19-25(41-29)12-8-10-18-33(3,4)31(38)39/h5-6,13-14,16,19-21H,7-12,15,17-18H2,1-4H3,(H,36,37)(H,38,39). The number of allylic oxidation sites excluding steroid dienone is 3. The molecule has 0 saturated heterocycles. The number of ketones is 1. The highest BCUT2D eigenvalue weighted by molar-refractivity contribution is 8.11. The second-order valence-corrected chi connectivity index (χ2v) is 14.2. The maximum absolute atomic E-state index is 12.7. The zero-order valence-electron chi connectivity index (χ0n) is 24.3. The number of thioether (sulfide) groups is 1. The number of hydrogen-bond donors (Lipinski definition) is 2. The Morgan fingerprint density at radius 3 is 2.02 bits per heavy atom. The Morgan fingerprint density at radius 1 is 0.829 bits per heavy atom. The molecule has 1 aromatic carbocycles. The van der Waals surface area contributed by atoms with Gasteiger partial charge in [-0.25, -0.2) is 0 Å². The molecule has 0 saturated carbocycles. The van der Waals surface area contributed by atoms with Gasteiger partial charge in [0, 0.05) is 32.7 Å². The van der Waals surface area contributed by atoms with Crippen LogP contribution in [0.5, 0.6) is 0 Å². The maximum atomic E-state index is 12.7. The summed E-state index contributed by atoms with van der Waals surface area (Å²) in [7, 11) is 0. The van der Waals surface area contributed by atoms with Gasteiger partial charge >= 0.3 is 11.9 Å². The Labute approximate surface area is 250 Å². The van der Waals surface area contributed by atoms with Crippen LogP contribution < -0.4 is 5.43 Å². The van der Waals surface area contributed by atoms with Crippen molar-refractivity contribution < 1.29 is 24.6 Å². The van der Waals surface area contributed by atoms with Gasteiger partial charge in [0.1, 0.15) is 0 Å². The summed E-state index contributed by atoms with van der Waals surface area (Å²) in [5.41, 5.74) is 0.215. The van der Waals surface area contributed by atoms with Gasteiger partial charge < -0.3 is 10.2 Å². The van der Waals surface area contributed by atoms with Crippen molar-refractivity contribution >= 4 is 45.7 Å². The van der Waals surface area contributed by atoms with E-state index >= 15 is 0 Å². The van der Waals surface area contributed by atoms with Crippen LogP contribution >= 0.6 is 23.1 Å². The summed E-state index contributed by atoms with van der Waals surface area (Å²) in [4.78, 5) is 51.9. The molecule has 0 atom stereocenters. The molecule has 2 aromatic rings. The molecule has 1 aliphatic rings. The zero-order valence-corrected chi connectivity index (χ0v) is 26.0. The highest BCUT2D eigenvalue weighted by Gasteiger charge is 2.27. The predicted octanol–water partition coefficient (Wildman–Crippen LogP) is 8.20. The molecule has 6 nitrogen and oxygen atoms in total. The van der Waals surface area contributed by atoms with Gasteiger partial charge in [-0.2, -0.15) is 0 Å². The Kier molecular flexibility index (Phi) is 11.3. The van der Waals surface area contributed by atoms with E-state index in [1.54, 1.807) is 69.0 Å². The Balaban J connectivity index is 1.76.